The smallest absolute Gasteiger partial charge is 0.0464 e. The number of benzene rings is 1. The monoisotopic (exact) mass is 233 g/mol. The molecule has 2 N–H and O–H groups in total. The highest BCUT2D eigenvalue weighted by atomic mass is 79.9. The first-order valence-electron chi connectivity index (χ1n) is 3.29. The van der Waals surface area contributed by atoms with Gasteiger partial charge >= 0.3 is 0 Å². The lowest BCUT2D eigenvalue weighted by Gasteiger charge is -2.04. The summed E-state index contributed by atoms with van der Waals surface area (Å²) in [6, 6.07) is 3.92. The van der Waals surface area contributed by atoms with Crippen molar-refractivity contribution in [2.45, 2.75) is 13.5 Å². The van der Waals surface area contributed by atoms with E-state index in [1.54, 1.807) is 0 Å². The minimum atomic E-state index is 0.472. The molecule has 1 aromatic rings. The molecule has 0 radical (unpaired) electrons. The molecule has 1 nitrogen and oxygen atoms in total. The van der Waals surface area contributed by atoms with Gasteiger partial charge in [0.1, 0.15) is 0 Å². The van der Waals surface area contributed by atoms with Crippen LogP contribution in [0.2, 0.25) is 5.02 Å². The molecule has 0 atom stereocenters. The van der Waals surface area contributed by atoms with Gasteiger partial charge in [0.05, 0.1) is 0 Å². The summed E-state index contributed by atoms with van der Waals surface area (Å²) in [5.41, 5.74) is 7.59. The van der Waals surface area contributed by atoms with Crippen LogP contribution in [0.15, 0.2) is 16.6 Å². The minimum Gasteiger partial charge on any atom is -0.326 e. The van der Waals surface area contributed by atoms with Crippen molar-refractivity contribution in [3.63, 3.8) is 0 Å². The fourth-order valence-corrected chi connectivity index (χ4v) is 2.13. The zero-order valence-electron chi connectivity index (χ0n) is 6.20. The molecule has 0 saturated heterocycles. The van der Waals surface area contributed by atoms with Gasteiger partial charge in [0, 0.05) is 16.0 Å². The van der Waals surface area contributed by atoms with E-state index in [9.17, 15) is 0 Å². The van der Waals surface area contributed by atoms with Crippen LogP contribution < -0.4 is 5.73 Å². The topological polar surface area (TPSA) is 26.0 Å². The molecule has 60 valence electrons. The van der Waals surface area contributed by atoms with Gasteiger partial charge in [0.25, 0.3) is 0 Å². The molecular weight excluding hydrogens is 225 g/mol. The van der Waals surface area contributed by atoms with Gasteiger partial charge in [-0.15, -0.1) is 0 Å². The molecule has 0 aliphatic carbocycles. The van der Waals surface area contributed by atoms with Gasteiger partial charge in [-0.1, -0.05) is 27.5 Å². The highest BCUT2D eigenvalue weighted by Crippen LogP contribution is 2.25. The van der Waals surface area contributed by atoms with Crippen LogP contribution in [-0.2, 0) is 6.54 Å². The Morgan fingerprint density at radius 3 is 2.64 bits per heavy atom. The number of hydrogen-bond donors (Lipinski definition) is 1. The average Bonchev–Trinajstić information content (AvgIpc) is 1.85. The largest absolute Gasteiger partial charge is 0.326 e. The first kappa shape index (κ1) is 9.04. The van der Waals surface area contributed by atoms with Crippen molar-refractivity contribution >= 4 is 27.5 Å². The van der Waals surface area contributed by atoms with Crippen molar-refractivity contribution in [3.8, 4) is 0 Å². The molecule has 0 aromatic heterocycles. The normalized spacial score (nSPS) is 10.2. The van der Waals surface area contributed by atoms with E-state index in [0.29, 0.717) is 6.54 Å². The molecular formula is C8H9BrClN. The van der Waals surface area contributed by atoms with Crippen molar-refractivity contribution < 1.29 is 0 Å². The summed E-state index contributed by atoms with van der Waals surface area (Å²) in [6.45, 7) is 2.47. The second-order valence-corrected chi connectivity index (χ2v) is 3.67. The summed E-state index contributed by atoms with van der Waals surface area (Å²) < 4.78 is 0.991. The Morgan fingerprint density at radius 1 is 1.55 bits per heavy atom. The van der Waals surface area contributed by atoms with E-state index in [4.69, 9.17) is 17.3 Å². The van der Waals surface area contributed by atoms with Crippen molar-refractivity contribution in [2.24, 2.45) is 5.73 Å². The maximum absolute atomic E-state index is 5.92. The SMILES string of the molecule is Cc1cc(Cl)c(CN)c(Br)c1. The number of hydrogen-bond acceptors (Lipinski definition) is 1. The first-order valence-corrected chi connectivity index (χ1v) is 4.47. The molecule has 0 heterocycles. The van der Waals surface area contributed by atoms with Gasteiger partial charge in [0.15, 0.2) is 0 Å². The lowest BCUT2D eigenvalue weighted by molar-refractivity contribution is 1.06. The van der Waals surface area contributed by atoms with Gasteiger partial charge < -0.3 is 5.73 Å². The quantitative estimate of drug-likeness (QED) is 0.794. The van der Waals surface area contributed by atoms with E-state index >= 15 is 0 Å². The molecule has 0 aliphatic heterocycles. The van der Waals surface area contributed by atoms with Gasteiger partial charge in [-0.25, -0.2) is 0 Å². The van der Waals surface area contributed by atoms with E-state index in [0.717, 1.165) is 20.6 Å². The zero-order valence-corrected chi connectivity index (χ0v) is 8.54. The van der Waals surface area contributed by atoms with Crippen LogP contribution in [0.25, 0.3) is 0 Å². The number of nitrogens with two attached hydrogens (primary N) is 1. The Kier molecular flexibility index (Phi) is 2.93. The second-order valence-electron chi connectivity index (χ2n) is 2.41. The maximum Gasteiger partial charge on any atom is 0.0464 e. The van der Waals surface area contributed by atoms with Crippen LogP contribution in [0.3, 0.4) is 0 Å². The molecule has 0 spiro atoms. The number of halogens is 2. The Morgan fingerprint density at radius 2 is 2.18 bits per heavy atom. The standard InChI is InChI=1S/C8H9BrClN/c1-5-2-7(9)6(4-11)8(10)3-5/h2-3H,4,11H2,1H3. The molecule has 0 bridgehead atoms. The van der Waals surface area contributed by atoms with Crippen molar-refractivity contribution in [1.82, 2.24) is 0 Å². The summed E-state index contributed by atoms with van der Waals surface area (Å²) in [6.07, 6.45) is 0. The van der Waals surface area contributed by atoms with E-state index < -0.39 is 0 Å². The molecule has 1 aromatic carbocycles. The van der Waals surface area contributed by atoms with Gasteiger partial charge in [-0.3, -0.25) is 0 Å². The highest BCUT2D eigenvalue weighted by Gasteiger charge is 2.03. The fourth-order valence-electron chi connectivity index (χ4n) is 0.925. The van der Waals surface area contributed by atoms with E-state index in [1.165, 1.54) is 0 Å². The van der Waals surface area contributed by atoms with E-state index in [2.05, 4.69) is 15.9 Å². The molecule has 11 heavy (non-hydrogen) atoms. The second kappa shape index (κ2) is 3.57. The van der Waals surface area contributed by atoms with Gasteiger partial charge in [-0.05, 0) is 30.2 Å². The van der Waals surface area contributed by atoms with E-state index in [-0.39, 0.29) is 0 Å². The summed E-state index contributed by atoms with van der Waals surface area (Å²) in [5.74, 6) is 0. The molecule has 1 rings (SSSR count). The van der Waals surface area contributed by atoms with Gasteiger partial charge in [-0.2, -0.15) is 0 Å². The van der Waals surface area contributed by atoms with Crippen LogP contribution in [0.5, 0.6) is 0 Å². The third kappa shape index (κ3) is 1.95. The molecule has 0 unspecified atom stereocenters. The van der Waals surface area contributed by atoms with Crippen LogP contribution in [0, 0.1) is 6.92 Å². The summed E-state index contributed by atoms with van der Waals surface area (Å²) in [4.78, 5) is 0. The van der Waals surface area contributed by atoms with Gasteiger partial charge in [0.2, 0.25) is 0 Å². The molecule has 0 aliphatic rings. The molecule has 0 amide bonds. The predicted octanol–water partition coefficient (Wildman–Crippen LogP) is 2.87. The van der Waals surface area contributed by atoms with Crippen LogP contribution in [0.1, 0.15) is 11.1 Å². The van der Waals surface area contributed by atoms with Crippen LogP contribution >= 0.6 is 27.5 Å². The van der Waals surface area contributed by atoms with E-state index in [1.807, 2.05) is 19.1 Å². The molecule has 0 fully saturated rings. The summed E-state index contributed by atoms with van der Waals surface area (Å²) in [7, 11) is 0. The average molecular weight is 235 g/mol. The van der Waals surface area contributed by atoms with Crippen LogP contribution in [-0.4, -0.2) is 0 Å². The number of rotatable bonds is 1. The molecule has 3 heteroatoms. The Balaban J connectivity index is 3.25. The minimum absolute atomic E-state index is 0.472. The lowest BCUT2D eigenvalue weighted by atomic mass is 10.1. The molecule has 0 saturated carbocycles. The van der Waals surface area contributed by atoms with Crippen molar-refractivity contribution in [2.75, 3.05) is 0 Å². The lowest BCUT2D eigenvalue weighted by Crippen LogP contribution is -1.98. The van der Waals surface area contributed by atoms with Crippen molar-refractivity contribution in [3.05, 3.63) is 32.8 Å². The van der Waals surface area contributed by atoms with Crippen molar-refractivity contribution in [1.29, 1.82) is 0 Å². The summed E-state index contributed by atoms with van der Waals surface area (Å²) >= 11 is 9.32. The third-order valence-electron chi connectivity index (χ3n) is 1.49. The maximum atomic E-state index is 5.92. The first-order chi connectivity index (χ1) is 5.15. The Bertz CT molecular complexity index is 250. The fraction of sp³-hybridized carbons (Fsp3) is 0.250. The van der Waals surface area contributed by atoms with Crippen LogP contribution in [0.4, 0.5) is 0 Å². The predicted molar refractivity (Wildman–Crippen MR) is 51.8 cm³/mol. The highest BCUT2D eigenvalue weighted by molar-refractivity contribution is 9.10. The third-order valence-corrected chi connectivity index (χ3v) is 2.53. The number of aryl methyl sites for hydroxylation is 1. The summed E-state index contributed by atoms with van der Waals surface area (Å²) in [5, 5.41) is 0.736. The zero-order chi connectivity index (χ0) is 8.43. The Labute approximate surface area is 79.7 Å². The Hall–Kier alpha value is -0.0500.